The highest BCUT2D eigenvalue weighted by Crippen LogP contribution is 2.39. The second-order valence-corrected chi connectivity index (χ2v) is 6.39. The molecular formula is C14H17Cl2NO5. The number of aliphatic hydroxyl groups excluding tert-OH is 4. The number of fused-ring (bicyclic) bond motifs is 1. The van der Waals surface area contributed by atoms with Gasteiger partial charge in [-0.1, -0.05) is 23.2 Å². The van der Waals surface area contributed by atoms with E-state index in [2.05, 4.69) is 0 Å². The van der Waals surface area contributed by atoms with Crippen molar-refractivity contribution in [3.05, 3.63) is 27.7 Å². The lowest BCUT2D eigenvalue weighted by atomic mass is 9.97. The molecule has 2 heterocycles. The Balaban J connectivity index is 1.93. The molecule has 2 aliphatic rings. The van der Waals surface area contributed by atoms with Crippen LogP contribution in [0.25, 0.3) is 0 Å². The standard InChI is InChI=1S/C14H17Cl2NO5/c15-6-3-8(16)7-1-2-17(9(7)4-6)14-13(21)12(20)11(19)10(5-18)22-14/h3-4,10-14,18-21H,1-2,5H2. The average molecular weight is 350 g/mol. The molecule has 3 rings (SSSR count). The largest absolute Gasteiger partial charge is 0.394 e. The summed E-state index contributed by atoms with van der Waals surface area (Å²) in [6.45, 7) is 0.0660. The highest BCUT2D eigenvalue weighted by molar-refractivity contribution is 6.35. The minimum absolute atomic E-state index is 0.459. The van der Waals surface area contributed by atoms with Crippen molar-refractivity contribution in [3.63, 3.8) is 0 Å². The Morgan fingerprint density at radius 2 is 1.86 bits per heavy atom. The summed E-state index contributed by atoms with van der Waals surface area (Å²) in [6.07, 6.45) is -5.29. The van der Waals surface area contributed by atoms with Gasteiger partial charge in [0, 0.05) is 22.3 Å². The number of halogens is 2. The van der Waals surface area contributed by atoms with Crippen LogP contribution in [0.3, 0.4) is 0 Å². The van der Waals surface area contributed by atoms with Crippen LogP contribution >= 0.6 is 23.2 Å². The molecule has 0 aliphatic carbocycles. The number of nitrogens with zero attached hydrogens (tertiary/aromatic N) is 1. The van der Waals surface area contributed by atoms with Gasteiger partial charge in [0.25, 0.3) is 0 Å². The van der Waals surface area contributed by atoms with Gasteiger partial charge >= 0.3 is 0 Å². The van der Waals surface area contributed by atoms with Gasteiger partial charge in [0.2, 0.25) is 0 Å². The number of aliphatic hydroxyl groups is 4. The van der Waals surface area contributed by atoms with Crippen molar-refractivity contribution in [1.29, 1.82) is 0 Å². The molecule has 1 aromatic carbocycles. The molecule has 8 heteroatoms. The summed E-state index contributed by atoms with van der Waals surface area (Å²) < 4.78 is 5.58. The number of ether oxygens (including phenoxy) is 1. The first-order chi connectivity index (χ1) is 10.4. The topological polar surface area (TPSA) is 93.4 Å². The third-order valence-corrected chi connectivity index (χ3v) is 4.78. The van der Waals surface area contributed by atoms with Crippen LogP contribution in [-0.2, 0) is 11.2 Å². The summed E-state index contributed by atoms with van der Waals surface area (Å²) in [7, 11) is 0. The fourth-order valence-electron chi connectivity index (χ4n) is 3.05. The van der Waals surface area contributed by atoms with Crippen LogP contribution in [0.5, 0.6) is 0 Å². The smallest absolute Gasteiger partial charge is 0.159 e. The van der Waals surface area contributed by atoms with E-state index in [0.717, 1.165) is 11.3 Å². The molecule has 1 aromatic rings. The van der Waals surface area contributed by atoms with Gasteiger partial charge in [-0.2, -0.15) is 0 Å². The van der Waals surface area contributed by atoms with E-state index in [4.69, 9.17) is 27.9 Å². The maximum atomic E-state index is 10.2. The Morgan fingerprint density at radius 3 is 2.55 bits per heavy atom. The van der Waals surface area contributed by atoms with Crippen LogP contribution in [0.1, 0.15) is 5.56 Å². The van der Waals surface area contributed by atoms with Crippen LogP contribution in [0.15, 0.2) is 12.1 Å². The van der Waals surface area contributed by atoms with Gasteiger partial charge in [0.05, 0.1) is 6.61 Å². The van der Waals surface area contributed by atoms with Gasteiger partial charge in [-0.25, -0.2) is 0 Å². The fraction of sp³-hybridized carbons (Fsp3) is 0.571. The minimum Gasteiger partial charge on any atom is -0.394 e. The predicted molar refractivity (Wildman–Crippen MR) is 81.3 cm³/mol. The van der Waals surface area contributed by atoms with Gasteiger partial charge < -0.3 is 30.1 Å². The van der Waals surface area contributed by atoms with Gasteiger partial charge in [-0.05, 0) is 24.1 Å². The molecule has 0 aromatic heterocycles. The van der Waals surface area contributed by atoms with Crippen molar-refractivity contribution < 1.29 is 25.2 Å². The highest BCUT2D eigenvalue weighted by atomic mass is 35.5. The van der Waals surface area contributed by atoms with E-state index < -0.39 is 37.3 Å². The van der Waals surface area contributed by atoms with Crippen LogP contribution in [0.2, 0.25) is 10.0 Å². The molecule has 0 bridgehead atoms. The first-order valence-corrected chi connectivity index (χ1v) is 7.74. The number of benzene rings is 1. The SMILES string of the molecule is OCC1OC(N2CCc3c(Cl)cc(Cl)cc32)C(O)C(O)C1O. The van der Waals surface area contributed by atoms with Crippen molar-refractivity contribution in [2.75, 3.05) is 18.1 Å². The minimum atomic E-state index is -1.41. The first-order valence-electron chi connectivity index (χ1n) is 6.99. The molecule has 0 radical (unpaired) electrons. The molecule has 122 valence electrons. The number of hydrogen-bond donors (Lipinski definition) is 4. The quantitative estimate of drug-likeness (QED) is 0.607. The number of anilines is 1. The highest BCUT2D eigenvalue weighted by Gasteiger charge is 2.47. The Labute approximate surface area is 137 Å². The van der Waals surface area contributed by atoms with Crippen molar-refractivity contribution in [3.8, 4) is 0 Å². The summed E-state index contributed by atoms with van der Waals surface area (Å²) >= 11 is 12.2. The van der Waals surface area contributed by atoms with Crippen molar-refractivity contribution in [1.82, 2.24) is 0 Å². The molecule has 0 saturated carbocycles. The third kappa shape index (κ3) is 2.59. The van der Waals surface area contributed by atoms with Crippen molar-refractivity contribution in [2.24, 2.45) is 0 Å². The lowest BCUT2D eigenvalue weighted by Crippen LogP contribution is -2.63. The van der Waals surface area contributed by atoms with Crippen LogP contribution in [0, 0.1) is 0 Å². The zero-order valence-electron chi connectivity index (χ0n) is 11.6. The molecule has 2 aliphatic heterocycles. The third-order valence-electron chi connectivity index (χ3n) is 4.22. The van der Waals surface area contributed by atoms with Gasteiger partial charge in [0.15, 0.2) is 6.23 Å². The summed E-state index contributed by atoms with van der Waals surface area (Å²) in [6, 6.07) is 3.37. The maximum Gasteiger partial charge on any atom is 0.159 e. The maximum absolute atomic E-state index is 10.2. The molecule has 5 unspecified atom stereocenters. The van der Waals surface area contributed by atoms with E-state index in [0.29, 0.717) is 23.0 Å². The van der Waals surface area contributed by atoms with E-state index in [1.54, 1.807) is 17.0 Å². The summed E-state index contributed by atoms with van der Waals surface area (Å²) in [5, 5.41) is 40.2. The van der Waals surface area contributed by atoms with E-state index >= 15 is 0 Å². The van der Waals surface area contributed by atoms with Crippen LogP contribution < -0.4 is 4.90 Å². The number of hydrogen-bond acceptors (Lipinski definition) is 6. The Morgan fingerprint density at radius 1 is 1.14 bits per heavy atom. The Hall–Kier alpha value is -0.600. The molecular weight excluding hydrogens is 333 g/mol. The molecule has 0 spiro atoms. The average Bonchev–Trinajstić information content (AvgIpc) is 2.89. The van der Waals surface area contributed by atoms with E-state index in [1.807, 2.05) is 0 Å². The lowest BCUT2D eigenvalue weighted by molar-refractivity contribution is -0.228. The summed E-state index contributed by atoms with van der Waals surface area (Å²) in [4.78, 5) is 1.75. The first kappa shape index (κ1) is 16.3. The Kier molecular flexibility index (Phi) is 4.53. The van der Waals surface area contributed by atoms with Crippen LogP contribution in [-0.4, -0.2) is 64.2 Å². The lowest BCUT2D eigenvalue weighted by Gasteiger charge is -2.44. The number of rotatable bonds is 2. The monoisotopic (exact) mass is 349 g/mol. The molecule has 22 heavy (non-hydrogen) atoms. The van der Waals surface area contributed by atoms with E-state index in [9.17, 15) is 20.4 Å². The molecule has 4 N–H and O–H groups in total. The van der Waals surface area contributed by atoms with Gasteiger partial charge in [-0.3, -0.25) is 0 Å². The second-order valence-electron chi connectivity index (χ2n) is 5.55. The molecule has 0 amide bonds. The normalized spacial score (nSPS) is 34.8. The predicted octanol–water partition coefficient (Wildman–Crippen LogP) is 0.156. The van der Waals surface area contributed by atoms with Crippen molar-refractivity contribution in [2.45, 2.75) is 37.1 Å². The van der Waals surface area contributed by atoms with Gasteiger partial charge in [0.1, 0.15) is 24.4 Å². The van der Waals surface area contributed by atoms with E-state index in [-0.39, 0.29) is 0 Å². The molecule has 1 fully saturated rings. The zero-order valence-corrected chi connectivity index (χ0v) is 13.1. The summed E-state index contributed by atoms with van der Waals surface area (Å²) in [5.74, 6) is 0. The zero-order chi connectivity index (χ0) is 16.0. The molecule has 6 nitrogen and oxygen atoms in total. The molecule has 5 atom stereocenters. The fourth-order valence-corrected chi connectivity index (χ4v) is 3.63. The molecule has 1 saturated heterocycles. The van der Waals surface area contributed by atoms with E-state index in [1.165, 1.54) is 0 Å². The summed E-state index contributed by atoms with van der Waals surface area (Å²) in [5.41, 5.74) is 1.62. The Bertz CT molecular complexity index is 570. The van der Waals surface area contributed by atoms with Gasteiger partial charge in [-0.15, -0.1) is 0 Å². The van der Waals surface area contributed by atoms with Crippen LogP contribution in [0.4, 0.5) is 5.69 Å². The van der Waals surface area contributed by atoms with Crippen molar-refractivity contribution >= 4 is 28.9 Å². The second kappa shape index (κ2) is 6.13.